The number of rotatable bonds is 7. The lowest BCUT2D eigenvalue weighted by Crippen LogP contribution is -2.45. The monoisotopic (exact) mass is 256 g/mol. The second-order valence-electron chi connectivity index (χ2n) is 5.10. The second kappa shape index (κ2) is 7.07. The molecule has 0 radical (unpaired) electrons. The molecule has 2 saturated heterocycles. The van der Waals surface area contributed by atoms with Crippen LogP contribution in [-0.4, -0.2) is 60.9 Å². The van der Waals surface area contributed by atoms with Gasteiger partial charge in [0.2, 0.25) is 5.91 Å². The first-order valence-electron chi connectivity index (χ1n) is 7.04. The highest BCUT2D eigenvalue weighted by molar-refractivity contribution is 5.80. The van der Waals surface area contributed by atoms with Gasteiger partial charge in [-0.15, -0.1) is 0 Å². The van der Waals surface area contributed by atoms with Crippen molar-refractivity contribution >= 4 is 5.91 Å². The van der Waals surface area contributed by atoms with Crippen LogP contribution in [0.5, 0.6) is 0 Å². The molecule has 2 atom stereocenters. The Kier molecular flexibility index (Phi) is 5.41. The van der Waals surface area contributed by atoms with Crippen LogP contribution in [0.1, 0.15) is 32.1 Å². The van der Waals surface area contributed by atoms with E-state index in [2.05, 4.69) is 10.2 Å². The average Bonchev–Trinajstić information content (AvgIpc) is 2.71. The minimum atomic E-state index is 0.0849. The Hall–Kier alpha value is -0.650. The molecule has 2 aliphatic rings. The number of hydrogen-bond donors (Lipinski definition) is 2. The fourth-order valence-corrected chi connectivity index (χ4v) is 2.96. The van der Waals surface area contributed by atoms with Crippen molar-refractivity contribution in [2.24, 2.45) is 0 Å². The summed E-state index contributed by atoms with van der Waals surface area (Å²) in [7, 11) is 0. The molecule has 104 valence electrons. The van der Waals surface area contributed by atoms with Gasteiger partial charge in [0.05, 0.1) is 13.2 Å². The maximum Gasteiger partial charge on any atom is 0.224 e. The number of aliphatic hydroxyl groups excluding tert-OH is 1. The number of carbonyl (C=O) groups excluding carboxylic acids is 1. The van der Waals surface area contributed by atoms with Gasteiger partial charge >= 0.3 is 0 Å². The number of piperidine rings is 1. The van der Waals surface area contributed by atoms with Crippen LogP contribution >= 0.6 is 0 Å². The normalized spacial score (nSPS) is 27.6. The Morgan fingerprint density at radius 1 is 1.39 bits per heavy atom. The third kappa shape index (κ3) is 3.43. The van der Waals surface area contributed by atoms with Crippen molar-refractivity contribution in [2.75, 3.05) is 32.9 Å². The number of hydrogen-bond acceptors (Lipinski definition) is 4. The first-order chi connectivity index (χ1) is 8.83. The topological polar surface area (TPSA) is 61.8 Å². The fraction of sp³-hybridized carbons (Fsp3) is 0.923. The third-order valence-corrected chi connectivity index (χ3v) is 3.84. The molecule has 0 bridgehead atoms. The van der Waals surface area contributed by atoms with Crippen LogP contribution in [0.2, 0.25) is 0 Å². The van der Waals surface area contributed by atoms with Crippen molar-refractivity contribution in [3.8, 4) is 0 Å². The summed E-state index contributed by atoms with van der Waals surface area (Å²) in [5, 5.41) is 12.1. The van der Waals surface area contributed by atoms with Crippen molar-refractivity contribution in [2.45, 2.75) is 44.2 Å². The van der Waals surface area contributed by atoms with E-state index in [4.69, 9.17) is 9.84 Å². The van der Waals surface area contributed by atoms with Gasteiger partial charge in [-0.2, -0.15) is 0 Å². The summed E-state index contributed by atoms with van der Waals surface area (Å²) in [5.74, 6) is 0.314. The molecule has 2 aliphatic heterocycles. The Bertz CT molecular complexity index is 273. The molecule has 0 aromatic rings. The summed E-state index contributed by atoms with van der Waals surface area (Å²) in [6.45, 7) is 3.00. The molecule has 0 spiro atoms. The van der Waals surface area contributed by atoms with E-state index in [0.717, 1.165) is 32.4 Å². The molecule has 0 aliphatic carbocycles. The number of nitrogens with one attached hydrogen (secondary N) is 1. The lowest BCUT2D eigenvalue weighted by atomic mass is 9.99. The molecule has 0 saturated carbocycles. The van der Waals surface area contributed by atoms with Crippen LogP contribution in [0.25, 0.3) is 0 Å². The minimum Gasteiger partial charge on any atom is -0.394 e. The molecule has 2 unspecified atom stereocenters. The summed E-state index contributed by atoms with van der Waals surface area (Å²) in [6, 6.07) is 0.750. The van der Waals surface area contributed by atoms with E-state index in [-0.39, 0.29) is 6.61 Å². The Balaban J connectivity index is 1.65. The van der Waals surface area contributed by atoms with Crippen LogP contribution in [-0.2, 0) is 9.53 Å². The lowest BCUT2D eigenvalue weighted by molar-refractivity contribution is -0.129. The second-order valence-corrected chi connectivity index (χ2v) is 5.10. The molecular formula is C13H24N2O3. The van der Waals surface area contributed by atoms with Crippen LogP contribution in [0.4, 0.5) is 0 Å². The highest BCUT2D eigenvalue weighted by Gasteiger charge is 2.40. The number of fused-ring (bicyclic) bond motifs is 1. The quantitative estimate of drug-likeness (QED) is 0.636. The average molecular weight is 256 g/mol. The van der Waals surface area contributed by atoms with Gasteiger partial charge in [-0.3, -0.25) is 4.79 Å². The predicted molar refractivity (Wildman–Crippen MR) is 68.3 cm³/mol. The van der Waals surface area contributed by atoms with Gasteiger partial charge in [-0.05, 0) is 32.2 Å². The van der Waals surface area contributed by atoms with E-state index >= 15 is 0 Å². The summed E-state index contributed by atoms with van der Waals surface area (Å²) in [4.78, 5) is 13.9. The number of nitrogens with zero attached hydrogens (tertiary/aromatic N) is 1. The number of amides is 1. The third-order valence-electron chi connectivity index (χ3n) is 3.84. The van der Waals surface area contributed by atoms with Crippen LogP contribution in [0.3, 0.4) is 0 Å². The largest absolute Gasteiger partial charge is 0.394 e. The van der Waals surface area contributed by atoms with E-state index in [1.54, 1.807) is 0 Å². The molecule has 5 nitrogen and oxygen atoms in total. The van der Waals surface area contributed by atoms with Gasteiger partial charge in [0.15, 0.2) is 0 Å². The first-order valence-corrected chi connectivity index (χ1v) is 7.04. The van der Waals surface area contributed by atoms with E-state index in [1.165, 1.54) is 6.42 Å². The molecule has 0 aromatic carbocycles. The minimum absolute atomic E-state index is 0.0849. The summed E-state index contributed by atoms with van der Waals surface area (Å²) in [5.41, 5.74) is 0. The van der Waals surface area contributed by atoms with Gasteiger partial charge in [-0.1, -0.05) is 0 Å². The zero-order valence-corrected chi connectivity index (χ0v) is 10.9. The maximum absolute atomic E-state index is 11.8. The zero-order chi connectivity index (χ0) is 12.8. The highest BCUT2D eigenvalue weighted by atomic mass is 16.5. The summed E-state index contributed by atoms with van der Waals surface area (Å²) >= 11 is 0. The number of ether oxygens (including phenoxy) is 1. The van der Waals surface area contributed by atoms with Crippen molar-refractivity contribution in [1.29, 1.82) is 0 Å². The Morgan fingerprint density at radius 3 is 3.11 bits per heavy atom. The lowest BCUT2D eigenvalue weighted by Gasteiger charge is -2.32. The van der Waals surface area contributed by atoms with E-state index < -0.39 is 0 Å². The van der Waals surface area contributed by atoms with Gasteiger partial charge < -0.3 is 20.1 Å². The molecule has 0 aromatic heterocycles. The van der Waals surface area contributed by atoms with E-state index in [1.807, 2.05) is 0 Å². The van der Waals surface area contributed by atoms with Crippen LogP contribution < -0.4 is 5.32 Å². The van der Waals surface area contributed by atoms with E-state index in [0.29, 0.717) is 37.6 Å². The van der Waals surface area contributed by atoms with Gasteiger partial charge in [0.25, 0.3) is 0 Å². The predicted octanol–water partition coefficient (Wildman–Crippen LogP) is 0.128. The Morgan fingerprint density at radius 2 is 2.28 bits per heavy atom. The van der Waals surface area contributed by atoms with Crippen molar-refractivity contribution < 1.29 is 14.6 Å². The maximum atomic E-state index is 11.8. The molecule has 2 fully saturated rings. The summed E-state index contributed by atoms with van der Waals surface area (Å²) in [6.07, 6.45) is 5.13. The van der Waals surface area contributed by atoms with Gasteiger partial charge in [0, 0.05) is 31.7 Å². The van der Waals surface area contributed by atoms with Crippen LogP contribution in [0.15, 0.2) is 0 Å². The molecule has 5 heteroatoms. The SMILES string of the molecule is O=C1CC(NCCCOCCO)C2CCCCN12. The molecular weight excluding hydrogens is 232 g/mol. The standard InChI is InChI=1S/C13H24N2O3/c16-7-9-18-8-3-5-14-11-10-13(17)15-6-2-1-4-12(11)15/h11-12,14,16H,1-10H2. The van der Waals surface area contributed by atoms with Crippen molar-refractivity contribution in [3.05, 3.63) is 0 Å². The van der Waals surface area contributed by atoms with Crippen LogP contribution in [0, 0.1) is 0 Å². The molecule has 2 rings (SSSR count). The molecule has 2 N–H and O–H groups in total. The molecule has 1 amide bonds. The number of aliphatic hydroxyl groups is 1. The highest BCUT2D eigenvalue weighted by Crippen LogP contribution is 2.28. The smallest absolute Gasteiger partial charge is 0.224 e. The van der Waals surface area contributed by atoms with Crippen molar-refractivity contribution in [1.82, 2.24) is 10.2 Å². The fourth-order valence-electron chi connectivity index (χ4n) is 2.96. The molecule has 2 heterocycles. The van der Waals surface area contributed by atoms with Crippen molar-refractivity contribution in [3.63, 3.8) is 0 Å². The summed E-state index contributed by atoms with van der Waals surface area (Å²) < 4.78 is 5.21. The first kappa shape index (κ1) is 13.8. The number of carbonyl (C=O) groups is 1. The Labute approximate surface area is 108 Å². The zero-order valence-electron chi connectivity index (χ0n) is 10.9. The van der Waals surface area contributed by atoms with Gasteiger partial charge in [-0.25, -0.2) is 0 Å². The van der Waals surface area contributed by atoms with E-state index in [9.17, 15) is 4.79 Å². The van der Waals surface area contributed by atoms with Gasteiger partial charge in [0.1, 0.15) is 0 Å². The molecule has 18 heavy (non-hydrogen) atoms.